The third-order valence-electron chi connectivity index (χ3n) is 2.97. The highest BCUT2D eigenvalue weighted by molar-refractivity contribution is 7.89. The molecular formula is C9H14N4O4S. The van der Waals surface area contributed by atoms with E-state index in [1.54, 1.807) is 0 Å². The van der Waals surface area contributed by atoms with Gasteiger partial charge in [0.15, 0.2) is 4.90 Å². The van der Waals surface area contributed by atoms with E-state index in [2.05, 4.69) is 4.98 Å². The van der Waals surface area contributed by atoms with Gasteiger partial charge in [-0.15, -0.1) is 0 Å². The Balaban J connectivity index is 2.48. The minimum absolute atomic E-state index is 0.209. The van der Waals surface area contributed by atoms with Crippen LogP contribution in [0.5, 0.6) is 0 Å². The summed E-state index contributed by atoms with van der Waals surface area (Å²) >= 11 is 0. The van der Waals surface area contributed by atoms with Crippen molar-refractivity contribution in [1.82, 2.24) is 14.3 Å². The fraction of sp³-hybridized carbons (Fsp3) is 0.556. The van der Waals surface area contributed by atoms with Crippen LogP contribution in [0.1, 0.15) is 12.8 Å². The minimum atomic E-state index is -3.91. The molecule has 1 saturated heterocycles. The number of hydrogen-bond donors (Lipinski definition) is 3. The Bertz CT molecular complexity index is 647. The van der Waals surface area contributed by atoms with Gasteiger partial charge in [0.05, 0.1) is 0 Å². The molecule has 100 valence electrons. The van der Waals surface area contributed by atoms with Crippen LogP contribution >= 0.6 is 0 Å². The predicted octanol–water partition coefficient (Wildman–Crippen LogP) is -1.82. The molecular weight excluding hydrogens is 260 g/mol. The first-order valence-corrected chi connectivity index (χ1v) is 6.94. The summed E-state index contributed by atoms with van der Waals surface area (Å²) in [5.74, 6) is 0. The van der Waals surface area contributed by atoms with Crippen molar-refractivity contribution in [3.05, 3.63) is 27.0 Å². The maximum Gasteiger partial charge on any atom is 0.325 e. The Hall–Kier alpha value is -1.45. The van der Waals surface area contributed by atoms with Crippen LogP contribution in [-0.4, -0.2) is 41.8 Å². The molecule has 2 heterocycles. The van der Waals surface area contributed by atoms with Crippen molar-refractivity contribution >= 4 is 10.0 Å². The van der Waals surface area contributed by atoms with E-state index >= 15 is 0 Å². The number of aromatic amines is 2. The Kier molecular flexibility index (Phi) is 3.37. The van der Waals surface area contributed by atoms with E-state index in [0.717, 1.165) is 6.20 Å². The van der Waals surface area contributed by atoms with Crippen LogP contribution in [0.4, 0.5) is 0 Å². The summed E-state index contributed by atoms with van der Waals surface area (Å²) in [6, 6.07) is -0.290. The summed E-state index contributed by atoms with van der Waals surface area (Å²) in [7, 11) is -3.91. The van der Waals surface area contributed by atoms with Crippen molar-refractivity contribution in [2.75, 3.05) is 13.1 Å². The van der Waals surface area contributed by atoms with Crippen LogP contribution < -0.4 is 17.0 Å². The molecule has 1 atom stereocenters. The number of sulfonamides is 1. The molecule has 1 fully saturated rings. The molecule has 0 saturated carbocycles. The van der Waals surface area contributed by atoms with Gasteiger partial charge in [-0.3, -0.25) is 9.78 Å². The third kappa shape index (κ3) is 2.11. The fourth-order valence-electron chi connectivity index (χ4n) is 2.08. The average Bonchev–Trinajstić information content (AvgIpc) is 2.76. The normalized spacial score (nSPS) is 21.3. The molecule has 0 spiro atoms. The number of H-pyrrole nitrogens is 2. The third-order valence-corrected chi connectivity index (χ3v) is 4.92. The number of rotatable bonds is 3. The largest absolute Gasteiger partial charge is 0.329 e. The van der Waals surface area contributed by atoms with Crippen LogP contribution in [0.3, 0.4) is 0 Å². The van der Waals surface area contributed by atoms with Gasteiger partial charge in [0.25, 0.3) is 5.56 Å². The average molecular weight is 274 g/mol. The Morgan fingerprint density at radius 1 is 1.44 bits per heavy atom. The van der Waals surface area contributed by atoms with E-state index in [1.807, 2.05) is 4.98 Å². The smallest absolute Gasteiger partial charge is 0.325 e. The Labute approximate surface area is 103 Å². The number of hydrogen-bond acceptors (Lipinski definition) is 5. The summed E-state index contributed by atoms with van der Waals surface area (Å²) in [6.45, 7) is 0.545. The minimum Gasteiger partial charge on any atom is -0.329 e. The van der Waals surface area contributed by atoms with E-state index in [9.17, 15) is 18.0 Å². The van der Waals surface area contributed by atoms with Crippen molar-refractivity contribution in [2.45, 2.75) is 23.8 Å². The molecule has 0 radical (unpaired) electrons. The first-order chi connectivity index (χ1) is 8.46. The van der Waals surface area contributed by atoms with Crippen molar-refractivity contribution < 1.29 is 8.42 Å². The molecule has 0 aromatic carbocycles. The number of nitrogens with zero attached hydrogens (tertiary/aromatic N) is 1. The molecule has 0 aliphatic carbocycles. The van der Waals surface area contributed by atoms with E-state index < -0.39 is 26.2 Å². The zero-order valence-corrected chi connectivity index (χ0v) is 10.4. The van der Waals surface area contributed by atoms with Gasteiger partial charge < -0.3 is 10.7 Å². The van der Waals surface area contributed by atoms with Crippen molar-refractivity contribution in [2.24, 2.45) is 5.73 Å². The van der Waals surface area contributed by atoms with Crippen LogP contribution in [0.25, 0.3) is 0 Å². The number of nitrogens with two attached hydrogens (primary N) is 1. The molecule has 2 rings (SSSR count). The van der Waals surface area contributed by atoms with Gasteiger partial charge in [0, 0.05) is 25.3 Å². The lowest BCUT2D eigenvalue weighted by atomic mass is 10.2. The fourth-order valence-corrected chi connectivity index (χ4v) is 3.78. The van der Waals surface area contributed by atoms with Gasteiger partial charge in [-0.05, 0) is 12.8 Å². The SMILES string of the molecule is NCC1CCCN1S(=O)(=O)c1c[nH]c(=O)[nH]c1=O. The second kappa shape index (κ2) is 4.67. The lowest BCUT2D eigenvalue weighted by molar-refractivity contribution is 0.392. The monoisotopic (exact) mass is 274 g/mol. The Morgan fingerprint density at radius 3 is 2.78 bits per heavy atom. The van der Waals surface area contributed by atoms with Crippen molar-refractivity contribution in [3.63, 3.8) is 0 Å². The molecule has 1 unspecified atom stereocenters. The van der Waals surface area contributed by atoms with Gasteiger partial charge in [0.2, 0.25) is 10.0 Å². The quantitative estimate of drug-likeness (QED) is 0.597. The zero-order chi connectivity index (χ0) is 13.3. The van der Waals surface area contributed by atoms with Crippen LogP contribution in [0, 0.1) is 0 Å². The maximum atomic E-state index is 12.3. The van der Waals surface area contributed by atoms with E-state index in [1.165, 1.54) is 4.31 Å². The predicted molar refractivity (Wildman–Crippen MR) is 63.7 cm³/mol. The standard InChI is InChI=1S/C9H14N4O4S/c10-4-6-2-1-3-13(6)18(16,17)7-5-11-9(15)12-8(7)14/h5-6H,1-4,10H2,(H2,11,12,14,15). The van der Waals surface area contributed by atoms with Gasteiger partial charge >= 0.3 is 5.69 Å². The van der Waals surface area contributed by atoms with E-state index in [0.29, 0.717) is 19.4 Å². The van der Waals surface area contributed by atoms with Crippen LogP contribution in [-0.2, 0) is 10.0 Å². The summed E-state index contributed by atoms with van der Waals surface area (Å²) < 4.78 is 25.7. The highest BCUT2D eigenvalue weighted by atomic mass is 32.2. The van der Waals surface area contributed by atoms with Crippen molar-refractivity contribution in [1.29, 1.82) is 0 Å². The first-order valence-electron chi connectivity index (χ1n) is 5.50. The first kappa shape index (κ1) is 13.0. The highest BCUT2D eigenvalue weighted by Gasteiger charge is 2.36. The molecule has 4 N–H and O–H groups in total. The van der Waals surface area contributed by atoms with Gasteiger partial charge in [0.1, 0.15) is 0 Å². The lowest BCUT2D eigenvalue weighted by Crippen LogP contribution is -2.42. The molecule has 1 aliphatic heterocycles. The summed E-state index contributed by atoms with van der Waals surface area (Å²) in [6.07, 6.45) is 2.31. The van der Waals surface area contributed by atoms with Gasteiger partial charge in [-0.1, -0.05) is 0 Å². The molecule has 18 heavy (non-hydrogen) atoms. The zero-order valence-electron chi connectivity index (χ0n) is 9.55. The Morgan fingerprint density at radius 2 is 2.17 bits per heavy atom. The highest BCUT2D eigenvalue weighted by Crippen LogP contribution is 2.23. The van der Waals surface area contributed by atoms with E-state index in [-0.39, 0.29) is 12.6 Å². The number of aromatic nitrogens is 2. The molecule has 9 heteroatoms. The summed E-state index contributed by atoms with van der Waals surface area (Å²) in [5, 5.41) is 0. The van der Waals surface area contributed by atoms with Gasteiger partial charge in [-0.25, -0.2) is 13.2 Å². The number of nitrogens with one attached hydrogen (secondary N) is 2. The molecule has 0 amide bonds. The topological polar surface area (TPSA) is 129 Å². The van der Waals surface area contributed by atoms with Gasteiger partial charge in [-0.2, -0.15) is 4.31 Å². The van der Waals surface area contributed by atoms with Crippen molar-refractivity contribution in [3.8, 4) is 0 Å². The van der Waals surface area contributed by atoms with Crippen LogP contribution in [0.2, 0.25) is 0 Å². The molecule has 0 bridgehead atoms. The molecule has 1 aromatic rings. The second-order valence-corrected chi connectivity index (χ2v) is 5.94. The van der Waals surface area contributed by atoms with E-state index in [4.69, 9.17) is 5.73 Å². The maximum absolute atomic E-state index is 12.3. The summed E-state index contributed by atoms with van der Waals surface area (Å²) in [4.78, 5) is 26.0. The lowest BCUT2D eigenvalue weighted by Gasteiger charge is -2.21. The second-order valence-electron chi connectivity index (χ2n) is 4.08. The molecule has 8 nitrogen and oxygen atoms in total. The molecule has 1 aromatic heterocycles. The summed E-state index contributed by atoms with van der Waals surface area (Å²) in [5.41, 5.74) is 3.86. The van der Waals surface area contributed by atoms with Crippen LogP contribution in [0.15, 0.2) is 20.7 Å². The molecule has 1 aliphatic rings.